The fourth-order valence-corrected chi connectivity index (χ4v) is 2.59. The highest BCUT2D eigenvalue weighted by Gasteiger charge is 2.23. The molecule has 2 rings (SSSR count). The summed E-state index contributed by atoms with van der Waals surface area (Å²) < 4.78 is 10.4. The summed E-state index contributed by atoms with van der Waals surface area (Å²) in [6, 6.07) is 6.42. The highest BCUT2D eigenvalue weighted by atomic mass is 16.5. The van der Waals surface area contributed by atoms with Gasteiger partial charge < -0.3 is 20.2 Å². The zero-order valence-corrected chi connectivity index (χ0v) is 14.3. The topological polar surface area (TPSA) is 111 Å². The van der Waals surface area contributed by atoms with Crippen molar-refractivity contribution in [2.45, 2.75) is 20.8 Å². The molecule has 132 valence electrons. The van der Waals surface area contributed by atoms with E-state index in [9.17, 15) is 14.4 Å². The molecule has 0 aliphatic carbocycles. The zero-order chi connectivity index (χ0) is 18.6. The number of aromatic nitrogens is 1. The fourth-order valence-electron chi connectivity index (χ4n) is 2.59. The van der Waals surface area contributed by atoms with Crippen LogP contribution in [0.2, 0.25) is 0 Å². The lowest BCUT2D eigenvalue weighted by Gasteiger charge is -2.09. The Kier molecular flexibility index (Phi) is 5.59. The number of hydrogen-bond donors (Lipinski definition) is 2. The van der Waals surface area contributed by atoms with E-state index in [1.165, 1.54) is 6.07 Å². The molecule has 0 atom stereocenters. The molecule has 0 aliphatic rings. The molecule has 7 heteroatoms. The summed E-state index contributed by atoms with van der Waals surface area (Å²) in [5.41, 5.74) is 7.17. The molecule has 25 heavy (non-hydrogen) atoms. The Hall–Kier alpha value is -3.09. The summed E-state index contributed by atoms with van der Waals surface area (Å²) in [6.07, 6.45) is 0. The van der Waals surface area contributed by atoms with E-state index in [1.807, 2.05) is 0 Å². The van der Waals surface area contributed by atoms with Gasteiger partial charge in [-0.1, -0.05) is 12.1 Å². The molecule has 0 unspecified atom stereocenters. The number of ketones is 1. The smallest absolute Gasteiger partial charge is 0.355 e. The molecular formula is C18H20N2O5. The van der Waals surface area contributed by atoms with E-state index in [2.05, 4.69) is 4.98 Å². The number of nitrogens with one attached hydrogen (secondary N) is 1. The summed E-state index contributed by atoms with van der Waals surface area (Å²) in [7, 11) is 0. The number of amides is 1. The number of aromatic amines is 1. The molecule has 2 aromatic rings. The lowest BCUT2D eigenvalue weighted by Crippen LogP contribution is -2.17. The van der Waals surface area contributed by atoms with Crippen LogP contribution in [0, 0.1) is 13.8 Å². The van der Waals surface area contributed by atoms with Crippen LogP contribution in [-0.4, -0.2) is 35.9 Å². The number of benzene rings is 1. The SMILES string of the molecule is CCOC(=O)c1[nH]c(C)c(C(=O)COc2ccccc2C(N)=O)c1C. The number of nitrogens with two attached hydrogens (primary N) is 1. The van der Waals surface area contributed by atoms with Crippen molar-refractivity contribution < 1.29 is 23.9 Å². The second-order valence-corrected chi connectivity index (χ2v) is 5.42. The van der Waals surface area contributed by atoms with E-state index in [-0.39, 0.29) is 36.0 Å². The maximum Gasteiger partial charge on any atom is 0.355 e. The number of Topliss-reactive ketones (excluding diaryl/α,β-unsaturated/α-hetero) is 1. The van der Waals surface area contributed by atoms with Crippen molar-refractivity contribution in [2.75, 3.05) is 13.2 Å². The lowest BCUT2D eigenvalue weighted by atomic mass is 10.1. The van der Waals surface area contributed by atoms with Gasteiger partial charge in [0, 0.05) is 11.3 Å². The minimum atomic E-state index is -0.637. The van der Waals surface area contributed by atoms with Crippen LogP contribution < -0.4 is 10.5 Å². The molecule has 0 saturated carbocycles. The third-order valence-electron chi connectivity index (χ3n) is 3.71. The minimum Gasteiger partial charge on any atom is -0.485 e. The van der Waals surface area contributed by atoms with Crippen LogP contribution in [0.25, 0.3) is 0 Å². The van der Waals surface area contributed by atoms with Gasteiger partial charge in [-0.25, -0.2) is 4.79 Å². The first kappa shape index (κ1) is 18.3. The number of carbonyl (C=O) groups is 3. The average Bonchev–Trinajstić information content (AvgIpc) is 2.87. The van der Waals surface area contributed by atoms with Crippen molar-refractivity contribution in [1.82, 2.24) is 4.98 Å². The summed E-state index contributed by atoms with van der Waals surface area (Å²) in [4.78, 5) is 38.7. The van der Waals surface area contributed by atoms with Crippen LogP contribution in [-0.2, 0) is 4.74 Å². The Morgan fingerprint density at radius 3 is 2.48 bits per heavy atom. The van der Waals surface area contributed by atoms with E-state index in [0.717, 1.165) is 0 Å². The van der Waals surface area contributed by atoms with Crippen LogP contribution in [0.15, 0.2) is 24.3 Å². The molecule has 0 spiro atoms. The van der Waals surface area contributed by atoms with Gasteiger partial charge in [-0.15, -0.1) is 0 Å². The van der Waals surface area contributed by atoms with E-state index in [0.29, 0.717) is 16.8 Å². The van der Waals surface area contributed by atoms with Gasteiger partial charge in [0.05, 0.1) is 12.2 Å². The molecule has 1 aromatic carbocycles. The van der Waals surface area contributed by atoms with Gasteiger partial charge >= 0.3 is 5.97 Å². The van der Waals surface area contributed by atoms with Crippen LogP contribution in [0.3, 0.4) is 0 Å². The Morgan fingerprint density at radius 2 is 1.84 bits per heavy atom. The molecule has 1 aromatic heterocycles. The second-order valence-electron chi connectivity index (χ2n) is 5.42. The third kappa shape index (κ3) is 3.88. The predicted octanol–water partition coefficient (Wildman–Crippen LogP) is 2.17. The Morgan fingerprint density at radius 1 is 1.16 bits per heavy atom. The van der Waals surface area contributed by atoms with Crippen molar-refractivity contribution in [3.05, 3.63) is 52.3 Å². The maximum absolute atomic E-state index is 12.5. The molecule has 0 fully saturated rings. The highest BCUT2D eigenvalue weighted by molar-refractivity contribution is 6.03. The Balaban J connectivity index is 2.20. The summed E-state index contributed by atoms with van der Waals surface area (Å²) in [5, 5.41) is 0. The normalized spacial score (nSPS) is 10.4. The van der Waals surface area contributed by atoms with E-state index in [1.54, 1.807) is 39.0 Å². The number of ether oxygens (including phenoxy) is 2. The van der Waals surface area contributed by atoms with Gasteiger partial charge in [-0.05, 0) is 38.5 Å². The van der Waals surface area contributed by atoms with E-state index >= 15 is 0 Å². The van der Waals surface area contributed by atoms with Crippen LogP contribution >= 0.6 is 0 Å². The molecular weight excluding hydrogens is 324 g/mol. The second kappa shape index (κ2) is 7.65. The summed E-state index contributed by atoms with van der Waals surface area (Å²) in [5.74, 6) is -1.23. The van der Waals surface area contributed by atoms with Gasteiger partial charge in [-0.2, -0.15) is 0 Å². The van der Waals surface area contributed by atoms with Crippen molar-refractivity contribution >= 4 is 17.7 Å². The summed E-state index contributed by atoms with van der Waals surface area (Å²) in [6.45, 7) is 5.03. The van der Waals surface area contributed by atoms with Crippen LogP contribution in [0.4, 0.5) is 0 Å². The number of aryl methyl sites for hydroxylation is 1. The zero-order valence-electron chi connectivity index (χ0n) is 14.3. The number of rotatable bonds is 7. The number of carbonyl (C=O) groups excluding carboxylic acids is 3. The predicted molar refractivity (Wildman–Crippen MR) is 91.0 cm³/mol. The standard InChI is InChI=1S/C18H20N2O5/c1-4-24-18(23)16-10(2)15(11(3)20-16)13(21)9-25-14-8-6-5-7-12(14)17(19)22/h5-8,20H,4,9H2,1-3H3,(H2,19,22). The quantitative estimate of drug-likeness (QED) is 0.590. The average molecular weight is 344 g/mol. The van der Waals surface area contributed by atoms with Gasteiger partial charge in [0.1, 0.15) is 11.4 Å². The number of para-hydroxylation sites is 1. The van der Waals surface area contributed by atoms with Gasteiger partial charge in [0.2, 0.25) is 5.78 Å². The van der Waals surface area contributed by atoms with Gasteiger partial charge in [0.25, 0.3) is 5.91 Å². The number of hydrogen-bond acceptors (Lipinski definition) is 5. The first-order valence-electron chi connectivity index (χ1n) is 7.77. The molecule has 0 aliphatic heterocycles. The van der Waals surface area contributed by atoms with Crippen LogP contribution in [0.1, 0.15) is 49.4 Å². The summed E-state index contributed by atoms with van der Waals surface area (Å²) >= 11 is 0. The lowest BCUT2D eigenvalue weighted by molar-refractivity contribution is 0.0519. The van der Waals surface area contributed by atoms with Crippen molar-refractivity contribution in [2.24, 2.45) is 5.73 Å². The molecule has 1 heterocycles. The molecule has 7 nitrogen and oxygen atoms in total. The minimum absolute atomic E-state index is 0.199. The number of primary amides is 1. The first-order chi connectivity index (χ1) is 11.9. The van der Waals surface area contributed by atoms with Gasteiger partial charge in [0.15, 0.2) is 6.61 Å². The Labute approximate surface area is 145 Å². The number of esters is 1. The van der Waals surface area contributed by atoms with E-state index < -0.39 is 11.9 Å². The largest absolute Gasteiger partial charge is 0.485 e. The van der Waals surface area contributed by atoms with Crippen LogP contribution in [0.5, 0.6) is 5.75 Å². The first-order valence-corrected chi connectivity index (χ1v) is 7.77. The van der Waals surface area contributed by atoms with Crippen molar-refractivity contribution in [3.8, 4) is 5.75 Å². The molecule has 0 saturated heterocycles. The third-order valence-corrected chi connectivity index (χ3v) is 3.71. The molecule has 0 radical (unpaired) electrons. The van der Waals surface area contributed by atoms with Gasteiger partial charge in [-0.3, -0.25) is 9.59 Å². The van der Waals surface area contributed by atoms with Crippen molar-refractivity contribution in [3.63, 3.8) is 0 Å². The number of H-pyrrole nitrogens is 1. The fraction of sp³-hybridized carbons (Fsp3) is 0.278. The highest BCUT2D eigenvalue weighted by Crippen LogP contribution is 2.21. The monoisotopic (exact) mass is 344 g/mol. The molecule has 1 amide bonds. The van der Waals surface area contributed by atoms with E-state index in [4.69, 9.17) is 15.2 Å². The maximum atomic E-state index is 12.5. The molecule has 0 bridgehead atoms. The Bertz CT molecular complexity index is 823. The molecule has 3 N–H and O–H groups in total. The van der Waals surface area contributed by atoms with Crippen molar-refractivity contribution in [1.29, 1.82) is 0 Å².